The summed E-state index contributed by atoms with van der Waals surface area (Å²) in [6.45, 7) is 1.66. The van der Waals surface area contributed by atoms with Gasteiger partial charge in [-0.2, -0.15) is 0 Å². The first-order chi connectivity index (χ1) is 13.4. The van der Waals surface area contributed by atoms with Gasteiger partial charge in [-0.05, 0) is 12.3 Å². The largest absolute Gasteiger partial charge is 0.481 e. The summed E-state index contributed by atoms with van der Waals surface area (Å²) in [6, 6.07) is -5.48. The van der Waals surface area contributed by atoms with Crippen LogP contribution in [0.4, 0.5) is 0 Å². The van der Waals surface area contributed by atoms with Gasteiger partial charge < -0.3 is 42.1 Å². The first kappa shape index (κ1) is 26.2. The van der Waals surface area contributed by atoms with Gasteiger partial charge in [-0.25, -0.2) is 4.79 Å². The van der Waals surface area contributed by atoms with E-state index >= 15 is 0 Å². The molecule has 4 unspecified atom stereocenters. The third-order valence-corrected chi connectivity index (χ3v) is 3.86. The van der Waals surface area contributed by atoms with E-state index in [0.29, 0.717) is 0 Å². The van der Waals surface area contributed by atoms with E-state index in [1.54, 1.807) is 13.8 Å². The molecule has 0 aromatic carbocycles. The average molecular weight is 420 g/mol. The van der Waals surface area contributed by atoms with Crippen molar-refractivity contribution in [3.05, 3.63) is 0 Å². The maximum Gasteiger partial charge on any atom is 0.326 e. The number of aliphatic hydroxyl groups excluding tert-OH is 2. The summed E-state index contributed by atoms with van der Waals surface area (Å²) >= 11 is 0. The zero-order valence-electron chi connectivity index (χ0n) is 16.1. The molecule has 13 nitrogen and oxygen atoms in total. The van der Waals surface area contributed by atoms with E-state index in [4.69, 9.17) is 21.1 Å². The summed E-state index contributed by atoms with van der Waals surface area (Å²) in [6.07, 6.45) is -0.911. The summed E-state index contributed by atoms with van der Waals surface area (Å²) in [4.78, 5) is 58.2. The molecule has 0 saturated heterocycles. The molecule has 0 radical (unpaired) electrons. The number of carbonyl (C=O) groups excluding carboxylic acids is 3. The van der Waals surface area contributed by atoms with E-state index in [0.717, 1.165) is 0 Å². The Bertz CT molecular complexity index is 611. The maximum atomic E-state index is 12.4. The number of nitrogens with two attached hydrogens (primary N) is 1. The van der Waals surface area contributed by atoms with Crippen LogP contribution in [-0.4, -0.2) is 87.5 Å². The van der Waals surface area contributed by atoms with Crippen molar-refractivity contribution in [2.24, 2.45) is 11.7 Å². The lowest BCUT2D eigenvalue weighted by Crippen LogP contribution is -2.59. The summed E-state index contributed by atoms with van der Waals surface area (Å²) in [5.41, 5.74) is 5.38. The minimum Gasteiger partial charge on any atom is -0.481 e. The smallest absolute Gasteiger partial charge is 0.326 e. The van der Waals surface area contributed by atoms with Crippen molar-refractivity contribution in [3.63, 3.8) is 0 Å². The Hall–Kier alpha value is -2.77. The monoisotopic (exact) mass is 420 g/mol. The highest BCUT2D eigenvalue weighted by atomic mass is 16.4. The first-order valence-electron chi connectivity index (χ1n) is 8.77. The van der Waals surface area contributed by atoms with Crippen molar-refractivity contribution in [2.75, 3.05) is 13.2 Å². The highest BCUT2D eigenvalue weighted by molar-refractivity contribution is 5.94. The summed E-state index contributed by atoms with van der Waals surface area (Å²) in [5, 5.41) is 42.5. The number of amides is 3. The third-order valence-electron chi connectivity index (χ3n) is 3.86. The molecule has 166 valence electrons. The van der Waals surface area contributed by atoms with E-state index in [-0.39, 0.29) is 0 Å². The van der Waals surface area contributed by atoms with Gasteiger partial charge >= 0.3 is 11.9 Å². The normalized spacial score (nSPS) is 15.0. The molecule has 0 aromatic heterocycles. The molecule has 0 rings (SSSR count). The Morgan fingerprint density at radius 3 is 1.79 bits per heavy atom. The number of rotatable bonds is 13. The van der Waals surface area contributed by atoms with Gasteiger partial charge in [-0.1, -0.05) is 13.8 Å². The number of aliphatic hydroxyl groups is 2. The topological polar surface area (TPSA) is 228 Å². The molecule has 0 bridgehead atoms. The third kappa shape index (κ3) is 9.32. The lowest BCUT2D eigenvalue weighted by atomic mass is 10.0. The van der Waals surface area contributed by atoms with Crippen LogP contribution in [0.25, 0.3) is 0 Å². The Labute approximate surface area is 166 Å². The number of nitrogens with one attached hydrogen (secondary N) is 3. The first-order valence-corrected chi connectivity index (χ1v) is 8.77. The number of hydrogen-bond acceptors (Lipinski definition) is 8. The number of carbonyl (C=O) groups is 5. The van der Waals surface area contributed by atoms with Crippen LogP contribution in [-0.2, 0) is 24.0 Å². The number of hydrogen-bond donors (Lipinski definition) is 8. The molecule has 0 spiro atoms. The second-order valence-corrected chi connectivity index (χ2v) is 6.59. The van der Waals surface area contributed by atoms with E-state index < -0.39 is 85.8 Å². The second kappa shape index (κ2) is 12.6. The maximum absolute atomic E-state index is 12.4. The fourth-order valence-electron chi connectivity index (χ4n) is 2.13. The van der Waals surface area contributed by atoms with Crippen LogP contribution >= 0.6 is 0 Å². The molecular formula is C16H28N4O9. The molecule has 4 atom stereocenters. The Balaban J connectivity index is 5.12. The molecule has 0 saturated carbocycles. The Kier molecular flexibility index (Phi) is 11.4. The van der Waals surface area contributed by atoms with Crippen LogP contribution in [0.1, 0.15) is 26.7 Å². The van der Waals surface area contributed by atoms with Crippen LogP contribution in [0.2, 0.25) is 0 Å². The van der Waals surface area contributed by atoms with Gasteiger partial charge in [0.1, 0.15) is 24.2 Å². The highest BCUT2D eigenvalue weighted by Gasteiger charge is 2.31. The van der Waals surface area contributed by atoms with Crippen LogP contribution in [0.3, 0.4) is 0 Å². The number of aliphatic carboxylic acids is 2. The lowest BCUT2D eigenvalue weighted by Gasteiger charge is -2.26. The molecule has 29 heavy (non-hydrogen) atoms. The van der Waals surface area contributed by atoms with E-state index in [1.807, 2.05) is 5.32 Å². The average Bonchev–Trinajstić information content (AvgIpc) is 2.65. The van der Waals surface area contributed by atoms with E-state index in [2.05, 4.69) is 10.6 Å². The summed E-state index contributed by atoms with van der Waals surface area (Å²) in [5.74, 6) is -5.87. The molecule has 0 aliphatic heterocycles. The molecule has 0 aliphatic carbocycles. The molecular weight excluding hydrogens is 392 g/mol. The fourth-order valence-corrected chi connectivity index (χ4v) is 2.13. The number of carboxylic acid groups (broad SMARTS) is 2. The zero-order chi connectivity index (χ0) is 22.7. The van der Waals surface area contributed by atoms with E-state index in [1.165, 1.54) is 0 Å². The van der Waals surface area contributed by atoms with Crippen molar-refractivity contribution in [1.29, 1.82) is 0 Å². The van der Waals surface area contributed by atoms with Gasteiger partial charge in [0.15, 0.2) is 0 Å². The van der Waals surface area contributed by atoms with Crippen molar-refractivity contribution >= 4 is 29.7 Å². The van der Waals surface area contributed by atoms with Crippen molar-refractivity contribution in [1.82, 2.24) is 16.0 Å². The van der Waals surface area contributed by atoms with Gasteiger partial charge in [0, 0.05) is 6.42 Å². The molecule has 13 heteroatoms. The van der Waals surface area contributed by atoms with Crippen molar-refractivity contribution in [2.45, 2.75) is 50.9 Å². The van der Waals surface area contributed by atoms with Crippen molar-refractivity contribution < 1.29 is 44.4 Å². The standard InChI is InChI=1S/C16H28N4O9/c1-7(2)12(20-13(25)8(17)5-21)15(27)19-10(6-22)14(26)18-9(16(28)29)3-4-11(23)24/h7-10,12,21-22H,3-6,17H2,1-2H3,(H,18,26)(H,19,27)(H,20,25)(H,23,24)(H,28,29). The fraction of sp³-hybridized carbons (Fsp3) is 0.688. The van der Waals surface area contributed by atoms with Gasteiger partial charge in [0.25, 0.3) is 0 Å². The van der Waals surface area contributed by atoms with Crippen LogP contribution < -0.4 is 21.7 Å². The summed E-state index contributed by atoms with van der Waals surface area (Å²) in [7, 11) is 0. The van der Waals surface area contributed by atoms with Crippen LogP contribution in [0, 0.1) is 5.92 Å². The highest BCUT2D eigenvalue weighted by Crippen LogP contribution is 2.04. The van der Waals surface area contributed by atoms with Gasteiger partial charge in [-0.3, -0.25) is 19.2 Å². The van der Waals surface area contributed by atoms with Crippen LogP contribution in [0.5, 0.6) is 0 Å². The summed E-state index contributed by atoms with van der Waals surface area (Å²) < 4.78 is 0. The number of carboxylic acids is 2. The van der Waals surface area contributed by atoms with Gasteiger partial charge in [-0.15, -0.1) is 0 Å². The van der Waals surface area contributed by atoms with Crippen LogP contribution in [0.15, 0.2) is 0 Å². The SMILES string of the molecule is CC(C)C(NC(=O)C(N)CO)C(=O)NC(CO)C(=O)NC(CCC(=O)O)C(=O)O. The second-order valence-electron chi connectivity index (χ2n) is 6.59. The Morgan fingerprint density at radius 2 is 1.38 bits per heavy atom. The van der Waals surface area contributed by atoms with Gasteiger partial charge in [0.2, 0.25) is 17.7 Å². The zero-order valence-corrected chi connectivity index (χ0v) is 16.1. The molecule has 0 fully saturated rings. The van der Waals surface area contributed by atoms with Gasteiger partial charge in [0.05, 0.1) is 13.2 Å². The lowest BCUT2D eigenvalue weighted by molar-refractivity contribution is -0.143. The molecule has 0 aliphatic rings. The molecule has 0 heterocycles. The minimum absolute atomic E-state index is 0.397. The molecule has 3 amide bonds. The molecule has 0 aromatic rings. The predicted octanol–water partition coefficient (Wildman–Crippen LogP) is -3.64. The quantitative estimate of drug-likeness (QED) is 0.146. The van der Waals surface area contributed by atoms with Crippen molar-refractivity contribution in [3.8, 4) is 0 Å². The van der Waals surface area contributed by atoms with E-state index in [9.17, 15) is 29.1 Å². The molecule has 9 N–H and O–H groups in total. The minimum atomic E-state index is -1.54. The predicted molar refractivity (Wildman–Crippen MR) is 97.3 cm³/mol. The Morgan fingerprint density at radius 1 is 0.828 bits per heavy atom.